The van der Waals surface area contributed by atoms with E-state index in [1.165, 1.54) is 49.2 Å². The summed E-state index contributed by atoms with van der Waals surface area (Å²) in [7, 11) is 6.45. The SMILES string of the molecule is CN(C)CCCc1ccc2c(c1)CCN2C. The lowest BCUT2D eigenvalue weighted by molar-refractivity contribution is 0.400. The summed E-state index contributed by atoms with van der Waals surface area (Å²) in [6.45, 7) is 2.35. The molecular formula is C14H22N2. The molecule has 0 fully saturated rings. The van der Waals surface area contributed by atoms with Crippen LogP contribution in [-0.4, -0.2) is 39.1 Å². The minimum absolute atomic E-state index is 1.18. The summed E-state index contributed by atoms with van der Waals surface area (Å²) in [5, 5.41) is 0. The van der Waals surface area contributed by atoms with Crippen LogP contribution in [0.3, 0.4) is 0 Å². The lowest BCUT2D eigenvalue weighted by atomic mass is 10.0. The molecule has 0 N–H and O–H groups in total. The van der Waals surface area contributed by atoms with Gasteiger partial charge in [0.15, 0.2) is 0 Å². The fraction of sp³-hybridized carbons (Fsp3) is 0.571. The van der Waals surface area contributed by atoms with Crippen LogP contribution in [0.2, 0.25) is 0 Å². The van der Waals surface area contributed by atoms with Gasteiger partial charge in [-0.05, 0) is 57.1 Å². The second kappa shape index (κ2) is 4.88. The summed E-state index contributed by atoms with van der Waals surface area (Å²) < 4.78 is 0. The smallest absolute Gasteiger partial charge is 0.0397 e. The van der Waals surface area contributed by atoms with E-state index in [0.717, 1.165) is 0 Å². The summed E-state index contributed by atoms with van der Waals surface area (Å²) in [6.07, 6.45) is 3.67. The van der Waals surface area contributed by atoms with E-state index in [-0.39, 0.29) is 0 Å². The monoisotopic (exact) mass is 218 g/mol. The average Bonchev–Trinajstić information content (AvgIpc) is 2.60. The van der Waals surface area contributed by atoms with Crippen LogP contribution < -0.4 is 4.90 Å². The number of benzene rings is 1. The normalized spacial score (nSPS) is 14.6. The van der Waals surface area contributed by atoms with Crippen molar-refractivity contribution in [2.45, 2.75) is 19.3 Å². The van der Waals surface area contributed by atoms with E-state index in [2.05, 4.69) is 49.1 Å². The Morgan fingerprint density at radius 2 is 2.12 bits per heavy atom. The Labute approximate surface area is 98.9 Å². The number of anilines is 1. The molecule has 0 atom stereocenters. The molecule has 0 bridgehead atoms. The molecule has 1 heterocycles. The Morgan fingerprint density at radius 1 is 1.31 bits per heavy atom. The first kappa shape index (κ1) is 11.5. The van der Waals surface area contributed by atoms with E-state index < -0.39 is 0 Å². The summed E-state index contributed by atoms with van der Waals surface area (Å²) >= 11 is 0. The van der Waals surface area contributed by atoms with Gasteiger partial charge in [0.1, 0.15) is 0 Å². The van der Waals surface area contributed by atoms with Gasteiger partial charge in [-0.3, -0.25) is 0 Å². The van der Waals surface area contributed by atoms with Gasteiger partial charge >= 0.3 is 0 Å². The zero-order valence-corrected chi connectivity index (χ0v) is 10.7. The van der Waals surface area contributed by atoms with Crippen molar-refractivity contribution >= 4 is 5.69 Å². The lowest BCUT2D eigenvalue weighted by Crippen LogP contribution is -2.13. The molecule has 2 rings (SSSR count). The highest BCUT2D eigenvalue weighted by Gasteiger charge is 2.15. The van der Waals surface area contributed by atoms with Gasteiger partial charge in [0.25, 0.3) is 0 Å². The van der Waals surface area contributed by atoms with Crippen LogP contribution in [0, 0.1) is 0 Å². The van der Waals surface area contributed by atoms with E-state index in [4.69, 9.17) is 0 Å². The van der Waals surface area contributed by atoms with Crippen molar-refractivity contribution in [2.24, 2.45) is 0 Å². The van der Waals surface area contributed by atoms with E-state index in [9.17, 15) is 0 Å². The van der Waals surface area contributed by atoms with Crippen molar-refractivity contribution in [2.75, 3.05) is 39.1 Å². The molecule has 1 aliphatic rings. The Kier molecular flexibility index (Phi) is 3.49. The van der Waals surface area contributed by atoms with E-state index >= 15 is 0 Å². The van der Waals surface area contributed by atoms with Crippen LogP contribution in [-0.2, 0) is 12.8 Å². The molecule has 0 radical (unpaired) electrons. The molecule has 0 aliphatic carbocycles. The average molecular weight is 218 g/mol. The standard InChI is InChI=1S/C14H22N2/c1-15(2)9-4-5-12-6-7-14-13(11-12)8-10-16(14)3/h6-7,11H,4-5,8-10H2,1-3H3. The Hall–Kier alpha value is -1.02. The fourth-order valence-electron chi connectivity index (χ4n) is 2.38. The van der Waals surface area contributed by atoms with Gasteiger partial charge in [0.05, 0.1) is 0 Å². The molecule has 1 aromatic rings. The maximum atomic E-state index is 2.40. The van der Waals surface area contributed by atoms with Crippen molar-refractivity contribution in [1.82, 2.24) is 4.90 Å². The molecule has 0 amide bonds. The quantitative estimate of drug-likeness (QED) is 0.764. The third kappa shape index (κ3) is 2.56. The second-order valence-electron chi connectivity index (χ2n) is 5.04. The molecule has 1 aliphatic heterocycles. The summed E-state index contributed by atoms with van der Waals surface area (Å²) in [6, 6.07) is 6.97. The van der Waals surface area contributed by atoms with Crippen LogP contribution in [0.1, 0.15) is 17.5 Å². The molecule has 2 heteroatoms. The molecule has 0 saturated heterocycles. The number of aryl methyl sites for hydroxylation is 1. The lowest BCUT2D eigenvalue weighted by Gasteiger charge is -2.13. The molecule has 88 valence electrons. The highest BCUT2D eigenvalue weighted by molar-refractivity contribution is 5.58. The molecule has 2 nitrogen and oxygen atoms in total. The Bertz CT molecular complexity index is 358. The first-order valence-corrected chi connectivity index (χ1v) is 6.14. The third-order valence-corrected chi connectivity index (χ3v) is 3.34. The number of likely N-dealkylation sites (N-methyl/N-ethyl adjacent to an activating group) is 1. The molecule has 0 aromatic heterocycles. The molecule has 0 spiro atoms. The van der Waals surface area contributed by atoms with Gasteiger partial charge in [-0.1, -0.05) is 12.1 Å². The maximum absolute atomic E-state index is 2.40. The van der Waals surface area contributed by atoms with Crippen molar-refractivity contribution in [3.8, 4) is 0 Å². The minimum Gasteiger partial charge on any atom is -0.374 e. The number of hydrogen-bond acceptors (Lipinski definition) is 2. The molecule has 0 saturated carbocycles. The van der Waals surface area contributed by atoms with Crippen LogP contribution >= 0.6 is 0 Å². The predicted molar refractivity (Wildman–Crippen MR) is 70.3 cm³/mol. The predicted octanol–water partition coefficient (Wildman–Crippen LogP) is 2.17. The minimum atomic E-state index is 1.18. The fourth-order valence-corrected chi connectivity index (χ4v) is 2.38. The largest absolute Gasteiger partial charge is 0.374 e. The van der Waals surface area contributed by atoms with E-state index in [0.29, 0.717) is 0 Å². The van der Waals surface area contributed by atoms with E-state index in [1.807, 2.05) is 0 Å². The van der Waals surface area contributed by atoms with Crippen molar-refractivity contribution in [3.63, 3.8) is 0 Å². The first-order valence-electron chi connectivity index (χ1n) is 6.14. The summed E-state index contributed by atoms with van der Waals surface area (Å²) in [5.74, 6) is 0. The van der Waals surface area contributed by atoms with Crippen molar-refractivity contribution < 1.29 is 0 Å². The molecule has 0 unspecified atom stereocenters. The van der Waals surface area contributed by atoms with Crippen molar-refractivity contribution in [3.05, 3.63) is 29.3 Å². The van der Waals surface area contributed by atoms with Crippen molar-refractivity contribution in [1.29, 1.82) is 0 Å². The Morgan fingerprint density at radius 3 is 2.88 bits per heavy atom. The van der Waals surface area contributed by atoms with Gasteiger partial charge in [0, 0.05) is 19.3 Å². The zero-order chi connectivity index (χ0) is 11.5. The van der Waals surface area contributed by atoms with Gasteiger partial charge in [-0.2, -0.15) is 0 Å². The maximum Gasteiger partial charge on any atom is 0.0397 e. The highest BCUT2D eigenvalue weighted by Crippen LogP contribution is 2.27. The number of rotatable bonds is 4. The Balaban J connectivity index is 1.97. The highest BCUT2D eigenvalue weighted by atomic mass is 15.1. The molecule has 1 aromatic carbocycles. The summed E-state index contributed by atoms with van der Waals surface area (Å²) in [4.78, 5) is 4.60. The molecular weight excluding hydrogens is 196 g/mol. The van der Waals surface area contributed by atoms with E-state index in [1.54, 1.807) is 0 Å². The third-order valence-electron chi connectivity index (χ3n) is 3.34. The van der Waals surface area contributed by atoms with Crippen LogP contribution in [0.25, 0.3) is 0 Å². The second-order valence-corrected chi connectivity index (χ2v) is 5.04. The first-order chi connectivity index (χ1) is 7.66. The van der Waals surface area contributed by atoms with Crippen LogP contribution in [0.4, 0.5) is 5.69 Å². The summed E-state index contributed by atoms with van der Waals surface area (Å²) in [5.41, 5.74) is 4.46. The zero-order valence-electron chi connectivity index (χ0n) is 10.7. The number of nitrogens with zero attached hydrogens (tertiary/aromatic N) is 2. The number of fused-ring (bicyclic) bond motifs is 1. The molecule has 16 heavy (non-hydrogen) atoms. The van der Waals surface area contributed by atoms with Gasteiger partial charge in [0.2, 0.25) is 0 Å². The van der Waals surface area contributed by atoms with Crippen LogP contribution in [0.15, 0.2) is 18.2 Å². The van der Waals surface area contributed by atoms with Gasteiger partial charge in [-0.25, -0.2) is 0 Å². The van der Waals surface area contributed by atoms with Crippen LogP contribution in [0.5, 0.6) is 0 Å². The topological polar surface area (TPSA) is 6.48 Å². The van der Waals surface area contributed by atoms with Gasteiger partial charge in [-0.15, -0.1) is 0 Å². The number of hydrogen-bond donors (Lipinski definition) is 0. The van der Waals surface area contributed by atoms with Gasteiger partial charge < -0.3 is 9.80 Å².